The molecule has 0 saturated carbocycles. The summed E-state index contributed by atoms with van der Waals surface area (Å²) in [5, 5.41) is 0. The second-order valence-electron chi connectivity index (χ2n) is 2.47. The Morgan fingerprint density at radius 1 is 1.09 bits per heavy atom. The lowest BCUT2D eigenvalue weighted by Crippen LogP contribution is -2.22. The maximum absolute atomic E-state index is 3.14. The number of likely N-dealkylation sites (N-methyl/N-ethyl adjacent to an activating group) is 1. The van der Waals surface area contributed by atoms with Gasteiger partial charge in [-0.3, -0.25) is 4.90 Å². The third kappa shape index (κ3) is 5.90. The smallest absolute Gasteiger partial charge is 0.0237 e. The summed E-state index contributed by atoms with van der Waals surface area (Å²) in [6, 6.07) is 0. The number of nitrogens with zero attached hydrogens (tertiary/aromatic N) is 1. The van der Waals surface area contributed by atoms with E-state index < -0.39 is 0 Å². The van der Waals surface area contributed by atoms with Gasteiger partial charge in [-0.2, -0.15) is 0 Å². The van der Waals surface area contributed by atoms with Crippen molar-refractivity contribution in [1.29, 1.82) is 0 Å². The third-order valence-corrected chi connectivity index (χ3v) is 1.68. The zero-order valence-electron chi connectivity index (χ0n) is 7.93. The minimum absolute atomic E-state index is 1.03. The van der Waals surface area contributed by atoms with Crippen molar-refractivity contribution in [1.82, 2.24) is 4.90 Å². The van der Waals surface area contributed by atoms with Crippen LogP contribution in [-0.4, -0.2) is 24.5 Å². The number of hydrogen-bond donors (Lipinski definition) is 0. The van der Waals surface area contributed by atoms with E-state index in [4.69, 9.17) is 0 Å². The summed E-state index contributed by atoms with van der Waals surface area (Å²) >= 11 is 0. The van der Waals surface area contributed by atoms with Crippen LogP contribution >= 0.6 is 0 Å². The molecule has 0 unspecified atom stereocenters. The van der Waals surface area contributed by atoms with Crippen LogP contribution in [-0.2, 0) is 0 Å². The molecule has 0 aliphatic heterocycles. The van der Waals surface area contributed by atoms with E-state index in [0.29, 0.717) is 0 Å². The Bertz CT molecular complexity index is 128. The van der Waals surface area contributed by atoms with Crippen LogP contribution in [0.2, 0.25) is 0 Å². The van der Waals surface area contributed by atoms with Crippen LogP contribution in [0.25, 0.3) is 0 Å². The fourth-order valence-electron chi connectivity index (χ4n) is 0.865. The van der Waals surface area contributed by atoms with Crippen LogP contribution in [0.1, 0.15) is 27.2 Å². The number of rotatable bonds is 5. The van der Waals surface area contributed by atoms with Gasteiger partial charge in [-0.1, -0.05) is 20.8 Å². The van der Waals surface area contributed by atoms with E-state index >= 15 is 0 Å². The average molecular weight is 153 g/mol. The van der Waals surface area contributed by atoms with Crippen molar-refractivity contribution >= 4 is 0 Å². The maximum atomic E-state index is 3.14. The van der Waals surface area contributed by atoms with Gasteiger partial charge in [0, 0.05) is 6.54 Å². The van der Waals surface area contributed by atoms with Crippen molar-refractivity contribution in [2.45, 2.75) is 27.2 Å². The molecule has 0 rings (SSSR count). The topological polar surface area (TPSA) is 3.24 Å². The van der Waals surface area contributed by atoms with E-state index in [2.05, 4.69) is 43.6 Å². The van der Waals surface area contributed by atoms with Gasteiger partial charge in [0.05, 0.1) is 0 Å². The Labute approximate surface area is 70.4 Å². The minimum Gasteiger partial charge on any atom is -0.300 e. The molecule has 0 aromatic heterocycles. The van der Waals surface area contributed by atoms with E-state index in [0.717, 1.165) is 26.1 Å². The van der Waals surface area contributed by atoms with Crippen LogP contribution in [0.4, 0.5) is 0 Å². The minimum atomic E-state index is 1.03. The monoisotopic (exact) mass is 153 g/mol. The summed E-state index contributed by atoms with van der Waals surface area (Å²) < 4.78 is 0. The van der Waals surface area contributed by atoms with Crippen molar-refractivity contribution in [2.24, 2.45) is 0 Å². The predicted molar refractivity (Wildman–Crippen MR) is 50.7 cm³/mol. The molecule has 0 aliphatic carbocycles. The summed E-state index contributed by atoms with van der Waals surface area (Å²) in [5.41, 5.74) is 3.14. The van der Waals surface area contributed by atoms with Gasteiger partial charge in [0.1, 0.15) is 0 Å². The number of hydrogen-bond acceptors (Lipinski definition) is 1. The van der Waals surface area contributed by atoms with Crippen molar-refractivity contribution in [3.8, 4) is 0 Å². The van der Waals surface area contributed by atoms with Crippen LogP contribution in [0.15, 0.2) is 17.9 Å². The SMILES string of the molecule is CCC=C=CCN(CC)CC. The fraction of sp³-hybridized carbons (Fsp3) is 0.700. The highest BCUT2D eigenvalue weighted by atomic mass is 15.1. The summed E-state index contributed by atoms with van der Waals surface area (Å²) in [4.78, 5) is 2.36. The second-order valence-corrected chi connectivity index (χ2v) is 2.47. The van der Waals surface area contributed by atoms with E-state index in [-0.39, 0.29) is 0 Å². The van der Waals surface area contributed by atoms with Crippen LogP contribution in [0, 0.1) is 0 Å². The molecule has 0 spiro atoms. The van der Waals surface area contributed by atoms with E-state index in [1.54, 1.807) is 0 Å². The maximum Gasteiger partial charge on any atom is 0.0237 e. The molecule has 0 bridgehead atoms. The quantitative estimate of drug-likeness (QED) is 0.548. The molecule has 0 aromatic carbocycles. The largest absolute Gasteiger partial charge is 0.300 e. The van der Waals surface area contributed by atoms with Crippen molar-refractivity contribution in [2.75, 3.05) is 19.6 Å². The van der Waals surface area contributed by atoms with Gasteiger partial charge in [-0.05, 0) is 31.7 Å². The summed E-state index contributed by atoms with van der Waals surface area (Å²) in [5.74, 6) is 0. The highest BCUT2D eigenvalue weighted by Gasteiger charge is 1.91. The van der Waals surface area contributed by atoms with E-state index in [1.807, 2.05) is 0 Å². The first-order valence-corrected chi connectivity index (χ1v) is 4.46. The first-order chi connectivity index (χ1) is 5.35. The molecule has 0 fully saturated rings. The summed E-state index contributed by atoms with van der Waals surface area (Å²) in [6.45, 7) is 9.77. The van der Waals surface area contributed by atoms with Crippen molar-refractivity contribution in [3.63, 3.8) is 0 Å². The van der Waals surface area contributed by atoms with Gasteiger partial charge in [-0.15, -0.1) is 5.73 Å². The zero-order chi connectivity index (χ0) is 8.53. The van der Waals surface area contributed by atoms with Gasteiger partial charge in [-0.25, -0.2) is 0 Å². The molecule has 0 aromatic rings. The molecule has 11 heavy (non-hydrogen) atoms. The standard InChI is InChI=1S/C10H19N/c1-4-7-8-9-10-11(5-2)6-3/h7,9H,4-6,10H2,1-3H3. The lowest BCUT2D eigenvalue weighted by molar-refractivity contribution is 0.337. The molecular formula is C10H19N. The molecule has 0 amide bonds. The highest BCUT2D eigenvalue weighted by Crippen LogP contribution is 1.86. The molecule has 0 heterocycles. The van der Waals surface area contributed by atoms with E-state index in [1.165, 1.54) is 0 Å². The van der Waals surface area contributed by atoms with Crippen LogP contribution < -0.4 is 0 Å². The normalized spacial score (nSPS) is 9.45. The molecule has 0 aliphatic rings. The lowest BCUT2D eigenvalue weighted by Gasteiger charge is -2.13. The molecule has 1 heteroatoms. The Morgan fingerprint density at radius 2 is 1.73 bits per heavy atom. The Kier molecular flexibility index (Phi) is 7.23. The zero-order valence-corrected chi connectivity index (χ0v) is 7.93. The molecule has 0 atom stereocenters. The van der Waals surface area contributed by atoms with Crippen molar-refractivity contribution in [3.05, 3.63) is 17.9 Å². The molecule has 0 radical (unpaired) electrons. The average Bonchev–Trinajstić information content (AvgIpc) is 2.05. The summed E-state index contributed by atoms with van der Waals surface area (Å²) in [7, 11) is 0. The third-order valence-electron chi connectivity index (χ3n) is 1.68. The van der Waals surface area contributed by atoms with Gasteiger partial charge in [0.25, 0.3) is 0 Å². The Balaban J connectivity index is 3.57. The van der Waals surface area contributed by atoms with Gasteiger partial charge < -0.3 is 0 Å². The van der Waals surface area contributed by atoms with Crippen LogP contribution in [0.3, 0.4) is 0 Å². The lowest BCUT2D eigenvalue weighted by atomic mass is 10.4. The van der Waals surface area contributed by atoms with Gasteiger partial charge in [0.15, 0.2) is 0 Å². The van der Waals surface area contributed by atoms with Crippen LogP contribution in [0.5, 0.6) is 0 Å². The predicted octanol–water partition coefficient (Wildman–Crippen LogP) is 2.45. The van der Waals surface area contributed by atoms with E-state index in [9.17, 15) is 0 Å². The Morgan fingerprint density at radius 3 is 2.18 bits per heavy atom. The van der Waals surface area contributed by atoms with Gasteiger partial charge >= 0.3 is 0 Å². The van der Waals surface area contributed by atoms with Crippen molar-refractivity contribution < 1.29 is 0 Å². The first-order valence-electron chi connectivity index (χ1n) is 4.46. The molecular weight excluding hydrogens is 134 g/mol. The molecule has 64 valence electrons. The fourth-order valence-corrected chi connectivity index (χ4v) is 0.865. The second kappa shape index (κ2) is 7.59. The van der Waals surface area contributed by atoms with Gasteiger partial charge in [0.2, 0.25) is 0 Å². The highest BCUT2D eigenvalue weighted by molar-refractivity contribution is 4.85. The first kappa shape index (κ1) is 10.5. The Hall–Kier alpha value is -0.520. The molecule has 0 saturated heterocycles. The summed E-state index contributed by atoms with van der Waals surface area (Å²) in [6.07, 6.45) is 5.23. The molecule has 1 nitrogen and oxygen atoms in total. The molecule has 0 N–H and O–H groups in total.